The second-order valence-corrected chi connectivity index (χ2v) is 5.48. The fourth-order valence-corrected chi connectivity index (χ4v) is 3.03. The average Bonchev–Trinajstić information content (AvgIpc) is 2.78. The molecule has 0 aromatic heterocycles. The Balaban J connectivity index is 1.97. The molecule has 96 valence electrons. The summed E-state index contributed by atoms with van der Waals surface area (Å²) >= 11 is 0. The highest BCUT2D eigenvalue weighted by atomic mass is 16.4. The van der Waals surface area contributed by atoms with Crippen molar-refractivity contribution in [2.75, 3.05) is 6.54 Å². The van der Waals surface area contributed by atoms with Crippen LogP contribution in [0.25, 0.3) is 0 Å². The molecule has 0 aromatic carbocycles. The van der Waals surface area contributed by atoms with E-state index in [1.165, 1.54) is 0 Å². The summed E-state index contributed by atoms with van der Waals surface area (Å²) in [6, 6.07) is -0.568. The molecule has 0 radical (unpaired) electrons. The number of rotatable bonds is 2. The summed E-state index contributed by atoms with van der Waals surface area (Å²) < 4.78 is 0. The van der Waals surface area contributed by atoms with Crippen molar-refractivity contribution in [3.63, 3.8) is 0 Å². The molecule has 1 saturated heterocycles. The molecule has 1 saturated carbocycles. The van der Waals surface area contributed by atoms with Crippen LogP contribution >= 0.6 is 0 Å². The van der Waals surface area contributed by atoms with Crippen molar-refractivity contribution in [3.8, 4) is 0 Å². The molecule has 17 heavy (non-hydrogen) atoms. The van der Waals surface area contributed by atoms with E-state index in [9.17, 15) is 9.59 Å². The Kier molecular flexibility index (Phi) is 3.69. The van der Waals surface area contributed by atoms with E-state index in [1.807, 2.05) is 0 Å². The van der Waals surface area contributed by atoms with Crippen molar-refractivity contribution in [2.45, 2.75) is 51.5 Å². The van der Waals surface area contributed by atoms with Crippen LogP contribution in [0.5, 0.6) is 0 Å². The highest BCUT2D eigenvalue weighted by Crippen LogP contribution is 2.31. The third kappa shape index (κ3) is 2.61. The highest BCUT2D eigenvalue weighted by molar-refractivity contribution is 5.85. The lowest BCUT2D eigenvalue weighted by Gasteiger charge is -2.30. The van der Waals surface area contributed by atoms with Crippen molar-refractivity contribution in [2.24, 2.45) is 11.8 Å². The van der Waals surface area contributed by atoms with Crippen LogP contribution in [-0.4, -0.2) is 34.5 Å². The van der Waals surface area contributed by atoms with Gasteiger partial charge in [0.1, 0.15) is 6.04 Å². The number of hydrogen-bond donors (Lipinski definition) is 1. The van der Waals surface area contributed by atoms with Gasteiger partial charge in [0, 0.05) is 12.5 Å². The molecule has 1 atom stereocenters. The molecular formula is C13H21NO3. The molecule has 2 rings (SSSR count). The first-order valence-electron chi connectivity index (χ1n) is 6.63. The molecular weight excluding hydrogens is 218 g/mol. The van der Waals surface area contributed by atoms with E-state index in [1.54, 1.807) is 4.90 Å². The van der Waals surface area contributed by atoms with E-state index in [2.05, 4.69) is 6.92 Å². The number of carboxylic acids is 1. The Hall–Kier alpha value is -1.06. The smallest absolute Gasteiger partial charge is 0.326 e. The van der Waals surface area contributed by atoms with E-state index < -0.39 is 12.0 Å². The Morgan fingerprint density at radius 2 is 1.76 bits per heavy atom. The lowest BCUT2D eigenvalue weighted by molar-refractivity contribution is -0.150. The van der Waals surface area contributed by atoms with Gasteiger partial charge < -0.3 is 10.0 Å². The van der Waals surface area contributed by atoms with Crippen LogP contribution in [0.15, 0.2) is 0 Å². The van der Waals surface area contributed by atoms with Crippen molar-refractivity contribution in [1.29, 1.82) is 0 Å². The number of likely N-dealkylation sites (tertiary alicyclic amines) is 1. The predicted octanol–water partition coefficient (Wildman–Crippen LogP) is 1.89. The Bertz CT molecular complexity index is 308. The monoisotopic (exact) mass is 239 g/mol. The number of amides is 1. The molecule has 0 unspecified atom stereocenters. The summed E-state index contributed by atoms with van der Waals surface area (Å²) in [5.41, 5.74) is 0. The van der Waals surface area contributed by atoms with Gasteiger partial charge in [-0.2, -0.15) is 0 Å². The number of carbonyl (C=O) groups is 2. The van der Waals surface area contributed by atoms with E-state index in [-0.39, 0.29) is 11.8 Å². The van der Waals surface area contributed by atoms with Crippen LogP contribution < -0.4 is 0 Å². The fraction of sp³-hybridized carbons (Fsp3) is 0.846. The summed E-state index contributed by atoms with van der Waals surface area (Å²) in [5, 5.41) is 9.08. The molecule has 4 nitrogen and oxygen atoms in total. The van der Waals surface area contributed by atoms with Crippen LogP contribution in [0.3, 0.4) is 0 Å². The summed E-state index contributed by atoms with van der Waals surface area (Å²) in [5.74, 6) is 0.0286. The minimum absolute atomic E-state index is 0.0751. The third-order valence-electron chi connectivity index (χ3n) is 4.19. The summed E-state index contributed by atoms with van der Waals surface area (Å²) in [6.07, 6.45) is 5.51. The zero-order valence-electron chi connectivity index (χ0n) is 10.4. The minimum Gasteiger partial charge on any atom is -0.480 e. The molecule has 1 aliphatic heterocycles. The van der Waals surface area contributed by atoms with Crippen LogP contribution in [0.1, 0.15) is 45.4 Å². The Morgan fingerprint density at radius 3 is 2.35 bits per heavy atom. The molecule has 0 aromatic rings. The van der Waals surface area contributed by atoms with Crippen LogP contribution in [-0.2, 0) is 9.59 Å². The van der Waals surface area contributed by atoms with Gasteiger partial charge in [-0.3, -0.25) is 4.79 Å². The number of carboxylic acid groups (broad SMARTS) is 1. The maximum absolute atomic E-state index is 12.3. The number of hydrogen-bond acceptors (Lipinski definition) is 2. The van der Waals surface area contributed by atoms with Crippen molar-refractivity contribution in [1.82, 2.24) is 4.90 Å². The lowest BCUT2D eigenvalue weighted by atomic mass is 9.82. The second kappa shape index (κ2) is 5.07. The quantitative estimate of drug-likeness (QED) is 0.800. The zero-order chi connectivity index (χ0) is 12.4. The first-order chi connectivity index (χ1) is 8.09. The maximum atomic E-state index is 12.3. The van der Waals surface area contributed by atoms with Gasteiger partial charge in [-0.15, -0.1) is 0 Å². The molecule has 4 heteroatoms. The SMILES string of the molecule is CC1CCC(C(=O)N2CCC[C@@H]2C(=O)O)CC1. The largest absolute Gasteiger partial charge is 0.480 e. The van der Waals surface area contributed by atoms with E-state index in [4.69, 9.17) is 5.11 Å². The van der Waals surface area contributed by atoms with E-state index in [0.29, 0.717) is 18.9 Å². The zero-order valence-corrected chi connectivity index (χ0v) is 10.4. The molecule has 1 N–H and O–H groups in total. The van der Waals surface area contributed by atoms with Gasteiger partial charge >= 0.3 is 5.97 Å². The second-order valence-electron chi connectivity index (χ2n) is 5.48. The molecule has 1 amide bonds. The highest BCUT2D eigenvalue weighted by Gasteiger charge is 2.37. The summed E-state index contributed by atoms with van der Waals surface area (Å²) in [4.78, 5) is 24.9. The predicted molar refractivity (Wildman–Crippen MR) is 63.5 cm³/mol. The van der Waals surface area contributed by atoms with Gasteiger partial charge in [-0.25, -0.2) is 4.79 Å². The first kappa shape index (κ1) is 12.4. The standard InChI is InChI=1S/C13H21NO3/c1-9-4-6-10(7-5-9)12(15)14-8-2-3-11(14)13(16)17/h9-11H,2-8H2,1H3,(H,16,17)/t9?,10?,11-/m1/s1. The number of carbonyl (C=O) groups excluding carboxylic acids is 1. The lowest BCUT2D eigenvalue weighted by Crippen LogP contribution is -2.44. The van der Waals surface area contributed by atoms with Crippen molar-refractivity contribution in [3.05, 3.63) is 0 Å². The van der Waals surface area contributed by atoms with Gasteiger partial charge in [0.2, 0.25) is 5.91 Å². The third-order valence-corrected chi connectivity index (χ3v) is 4.19. The van der Waals surface area contributed by atoms with Gasteiger partial charge in [-0.1, -0.05) is 6.92 Å². The normalized spacial score (nSPS) is 33.7. The van der Waals surface area contributed by atoms with Crippen molar-refractivity contribution < 1.29 is 14.7 Å². The molecule has 0 bridgehead atoms. The Labute approximate surface area is 102 Å². The van der Waals surface area contributed by atoms with Crippen molar-refractivity contribution >= 4 is 11.9 Å². The molecule has 1 heterocycles. The van der Waals surface area contributed by atoms with Gasteiger partial charge in [0.05, 0.1) is 0 Å². The maximum Gasteiger partial charge on any atom is 0.326 e. The van der Waals surface area contributed by atoms with Gasteiger partial charge in [0.25, 0.3) is 0 Å². The van der Waals surface area contributed by atoms with Crippen LogP contribution in [0.4, 0.5) is 0 Å². The summed E-state index contributed by atoms with van der Waals surface area (Å²) in [7, 11) is 0. The van der Waals surface area contributed by atoms with Gasteiger partial charge in [-0.05, 0) is 44.4 Å². The fourth-order valence-electron chi connectivity index (χ4n) is 3.03. The molecule has 2 aliphatic rings. The van der Waals surface area contributed by atoms with Gasteiger partial charge in [0.15, 0.2) is 0 Å². The van der Waals surface area contributed by atoms with Crippen LogP contribution in [0, 0.1) is 11.8 Å². The molecule has 1 aliphatic carbocycles. The van der Waals surface area contributed by atoms with E-state index in [0.717, 1.165) is 32.1 Å². The first-order valence-corrected chi connectivity index (χ1v) is 6.63. The Morgan fingerprint density at radius 1 is 1.12 bits per heavy atom. The summed E-state index contributed by atoms with van der Waals surface area (Å²) in [6.45, 7) is 2.85. The average molecular weight is 239 g/mol. The number of aliphatic carboxylic acids is 1. The molecule has 0 spiro atoms. The van der Waals surface area contributed by atoms with Crippen LogP contribution in [0.2, 0.25) is 0 Å². The van der Waals surface area contributed by atoms with E-state index >= 15 is 0 Å². The number of nitrogens with zero attached hydrogens (tertiary/aromatic N) is 1. The minimum atomic E-state index is -0.847. The topological polar surface area (TPSA) is 57.6 Å². The molecule has 2 fully saturated rings.